The van der Waals surface area contributed by atoms with Crippen molar-refractivity contribution in [2.24, 2.45) is 0 Å². The first-order valence-electron chi connectivity index (χ1n) is 23.0. The molecule has 0 aromatic heterocycles. The van der Waals surface area contributed by atoms with Crippen molar-refractivity contribution in [1.82, 2.24) is 0 Å². The minimum Gasteiger partial charge on any atom is -0.196 e. The molecule has 0 radical (unpaired) electrons. The molecule has 0 saturated carbocycles. The van der Waals surface area contributed by atoms with E-state index in [9.17, 15) is 0 Å². The van der Waals surface area contributed by atoms with Crippen LogP contribution in [0, 0.1) is 0 Å². The monoisotopic (exact) mass is 1150 g/mol. The van der Waals surface area contributed by atoms with Crippen molar-refractivity contribution in [1.29, 1.82) is 0 Å². The molecule has 5 fully saturated rings. The normalized spacial score (nSPS) is 53.1. The molecule has 0 aromatic carbocycles. The van der Waals surface area contributed by atoms with Crippen molar-refractivity contribution in [3.8, 4) is 0 Å². The minimum absolute atomic E-state index is 0.0131. The van der Waals surface area contributed by atoms with E-state index in [1.807, 2.05) is 0 Å². The van der Waals surface area contributed by atoms with Crippen molar-refractivity contribution < 1.29 is 0 Å². The molecule has 0 spiro atoms. The Morgan fingerprint density at radius 3 is 1.10 bits per heavy atom. The second kappa shape index (κ2) is 23.5. The Hall–Kier alpha value is 5.91. The van der Waals surface area contributed by atoms with E-state index < -0.39 is 27.2 Å². The van der Waals surface area contributed by atoms with Gasteiger partial charge in [0.15, 0.2) is 0 Å². The Morgan fingerprint density at radius 1 is 0.519 bits per heavy atom. The molecule has 0 bridgehead atoms. The van der Waals surface area contributed by atoms with E-state index >= 15 is 0 Å². The van der Waals surface area contributed by atoms with Gasteiger partial charge in [-0.05, 0) is 12.5 Å². The molecule has 52 heavy (non-hydrogen) atoms. The first kappa shape index (κ1) is 55.9. The third-order valence-electron chi connectivity index (χ3n) is 20.7. The first-order valence-corrected chi connectivity index (χ1v) is 86.3. The van der Waals surface area contributed by atoms with Crippen LogP contribution in [0.15, 0.2) is 0 Å². The van der Waals surface area contributed by atoms with E-state index in [4.69, 9.17) is 0 Å². The Balaban J connectivity index is 0.000000327. The molecule has 312 valence electrons. The standard InChI is InChI=1S/C6H20SSi4.C6H24Si6.C5H18SSi4.C5H22Si6.C4H16Si4/c1-7-11(9-2)5-6(8)4-10(11)3;1-9-11(3)5(7)6(8)12(11,4)10-2;1-6-10(3)5(8)4(7)9(10)2;1-8-11(9-2)5(7)4(6)10(11)3;1-7-3(5)4(6)8(7)2/h6,10H,4-5,9H2,1-3,8H3;5-6H,9-10H2,1-4,7-8H3;4-5,9H,1-3,7-8H3;4-5,10H,8-9H2,1-3,6-7H3;3-4,7-8H,1-2,5-6H3. The van der Waals surface area contributed by atoms with Crippen LogP contribution >= 0.6 is 22.4 Å². The summed E-state index contributed by atoms with van der Waals surface area (Å²) in [5, 5.41) is 11.1. The lowest BCUT2D eigenvalue weighted by molar-refractivity contribution is 1.08. The minimum atomic E-state index is -0.589. The summed E-state index contributed by atoms with van der Waals surface area (Å²) in [6.07, 6.45) is 4.27. The van der Waals surface area contributed by atoms with Crippen LogP contribution in [0.4, 0.5) is 0 Å². The summed E-state index contributed by atoms with van der Waals surface area (Å²) < 4.78 is 0. The zero-order valence-electron chi connectivity index (χ0n) is 40.3. The van der Waals surface area contributed by atoms with Crippen LogP contribution < -0.4 is 0 Å². The maximum Gasteiger partial charge on any atom is 0.101 e. The second-order valence-electron chi connectivity index (χ2n) is 20.8. The third-order valence-corrected chi connectivity index (χ3v) is 296. The number of rotatable bonds is 7. The Bertz CT molecular complexity index is 987. The van der Waals surface area contributed by atoms with Gasteiger partial charge >= 0.3 is 0 Å². The van der Waals surface area contributed by atoms with E-state index in [2.05, 4.69) is 120 Å². The van der Waals surface area contributed by atoms with Crippen molar-refractivity contribution >= 4 is 235 Å². The van der Waals surface area contributed by atoms with Gasteiger partial charge < -0.3 is 0 Å². The van der Waals surface area contributed by atoms with Crippen molar-refractivity contribution in [3.63, 3.8) is 0 Å². The molecule has 5 saturated heterocycles. The largest absolute Gasteiger partial charge is 0.196 e. The highest BCUT2D eigenvalue weighted by atomic mass is 32.4. The summed E-state index contributed by atoms with van der Waals surface area (Å²) in [5.41, 5.74) is 1.25. The van der Waals surface area contributed by atoms with Gasteiger partial charge in [-0.3, -0.25) is 0 Å². The van der Waals surface area contributed by atoms with Crippen molar-refractivity contribution in [2.75, 3.05) is 12.5 Å². The first-order chi connectivity index (χ1) is 23.9. The molecule has 26 heteroatoms. The predicted molar refractivity (Wildman–Crippen MR) is 343 cm³/mol. The van der Waals surface area contributed by atoms with Crippen LogP contribution in [0.2, 0.25) is 144 Å². The Kier molecular flexibility index (Phi) is 25.3. The predicted octanol–water partition coefficient (Wildman–Crippen LogP) is -7.20. The Labute approximate surface area is 386 Å². The SMILES string of the molecule is CS[Si]1(C)C([SiH3])C([SiH3])[SiH]1C.C[SiH2][Si]1(C)C([SiH3])C([SiH3])[Si]1(C)[SiH2]C.C[SiH2][Si]1(SC)CC([SiH3])C[SiH]1C.C[SiH2][Si]1([SiH2]C)C([SiH3])C([SiH3])[SiH]1C.C[SiH]1C([SiH3])C([SiH3])[SiH]1C. The zero-order valence-corrected chi connectivity index (χ0v) is 77.8. The fourth-order valence-electron chi connectivity index (χ4n) is 13.3. The molecule has 5 aliphatic rings. The van der Waals surface area contributed by atoms with Gasteiger partial charge in [-0.2, -0.15) is 22.4 Å². The van der Waals surface area contributed by atoms with E-state index in [1.165, 1.54) is 77.6 Å². The molecule has 0 aromatic rings. The molecule has 5 rings (SSSR count). The molecule has 0 N–H and O–H groups in total. The average molecular weight is 1150 g/mol. The lowest BCUT2D eigenvalue weighted by atomic mass is 10.5. The van der Waals surface area contributed by atoms with Gasteiger partial charge in [0.2, 0.25) is 0 Å². The van der Waals surface area contributed by atoms with E-state index in [0.717, 1.165) is 0 Å². The molecular formula is C26H100S2Si24. The lowest BCUT2D eigenvalue weighted by Crippen LogP contribution is -2.81. The van der Waals surface area contributed by atoms with Crippen LogP contribution in [0.3, 0.4) is 0 Å². The highest BCUT2D eigenvalue weighted by Crippen LogP contribution is 2.53. The van der Waals surface area contributed by atoms with Crippen LogP contribution in [0.25, 0.3) is 0 Å². The van der Waals surface area contributed by atoms with Crippen LogP contribution in [-0.4, -0.2) is 225 Å². The fourth-order valence-corrected chi connectivity index (χ4v) is 312. The van der Waals surface area contributed by atoms with Gasteiger partial charge in [0.25, 0.3) is 0 Å². The number of hydrogen-bond donors (Lipinski definition) is 0. The smallest absolute Gasteiger partial charge is 0.101 e. The van der Waals surface area contributed by atoms with Gasteiger partial charge in [-0.15, -0.1) is 0 Å². The quantitative estimate of drug-likeness (QED) is 0.233. The van der Waals surface area contributed by atoms with Crippen molar-refractivity contribution in [3.05, 3.63) is 0 Å². The highest BCUT2D eigenvalue weighted by molar-refractivity contribution is 8.39. The van der Waals surface area contributed by atoms with Crippen LogP contribution in [0.5, 0.6) is 0 Å². The molecular weight excluding hydrogens is 1050 g/mol. The average Bonchev–Trinajstić information content (AvgIpc) is 3.48. The summed E-state index contributed by atoms with van der Waals surface area (Å²) in [6.45, 7) is 33.9. The maximum atomic E-state index is 2.83. The van der Waals surface area contributed by atoms with Crippen molar-refractivity contribution in [2.45, 2.75) is 144 Å². The zero-order chi connectivity index (χ0) is 40.9. The van der Waals surface area contributed by atoms with Gasteiger partial charge in [0.1, 0.15) is 6.74 Å². The van der Waals surface area contributed by atoms with Gasteiger partial charge in [-0.1, -0.05) is 144 Å². The second-order valence-corrected chi connectivity index (χ2v) is 166. The number of hydrogen-bond acceptors (Lipinski definition) is 2. The lowest BCUT2D eigenvalue weighted by Gasteiger charge is -2.64. The van der Waals surface area contributed by atoms with E-state index in [1.54, 1.807) is 73.5 Å². The van der Waals surface area contributed by atoms with Gasteiger partial charge in [0, 0.05) is 200 Å². The highest BCUT2D eigenvalue weighted by Gasteiger charge is 2.63. The molecule has 0 aliphatic carbocycles. The molecule has 18 unspecified atom stereocenters. The molecule has 0 amide bonds. The summed E-state index contributed by atoms with van der Waals surface area (Å²) in [5.74, 6) is 0. The van der Waals surface area contributed by atoms with E-state index in [0.29, 0.717) is 45.2 Å². The molecule has 0 nitrogen and oxygen atoms in total. The topological polar surface area (TPSA) is 0 Å². The third kappa shape index (κ3) is 11.2. The summed E-state index contributed by atoms with van der Waals surface area (Å²) in [7, 11) is 15.0. The fraction of sp³-hybridized carbons (Fsp3) is 1.00. The van der Waals surface area contributed by atoms with Gasteiger partial charge in [0.05, 0.1) is 6.26 Å². The van der Waals surface area contributed by atoms with Crippen LogP contribution in [-0.2, 0) is 0 Å². The van der Waals surface area contributed by atoms with E-state index in [-0.39, 0.29) is 48.2 Å². The maximum absolute atomic E-state index is 2.83. The van der Waals surface area contributed by atoms with Gasteiger partial charge in [-0.25, -0.2) is 0 Å². The summed E-state index contributed by atoms with van der Waals surface area (Å²) in [6, 6.07) is 3.50. The molecule has 5 heterocycles. The summed E-state index contributed by atoms with van der Waals surface area (Å²) in [4.78, 5) is 0. The Morgan fingerprint density at radius 2 is 0.923 bits per heavy atom. The molecule has 5 aliphatic heterocycles. The molecule has 18 atom stereocenters. The summed E-state index contributed by atoms with van der Waals surface area (Å²) >= 11 is 4.67. The van der Waals surface area contributed by atoms with Crippen LogP contribution in [0.1, 0.15) is 0 Å².